The van der Waals surface area contributed by atoms with Gasteiger partial charge in [-0.25, -0.2) is 0 Å². The fourth-order valence-corrected chi connectivity index (χ4v) is 4.16. The number of hydrogen-bond acceptors (Lipinski definition) is 5. The third-order valence-corrected chi connectivity index (χ3v) is 6.36. The lowest BCUT2D eigenvalue weighted by atomic mass is 9.90. The number of carbonyl (C=O) groups excluding carboxylic acids is 1. The van der Waals surface area contributed by atoms with E-state index in [9.17, 15) is 4.79 Å². The first-order valence-corrected chi connectivity index (χ1v) is 11.8. The molecule has 1 heterocycles. The van der Waals surface area contributed by atoms with Gasteiger partial charge in [0, 0.05) is 35.6 Å². The number of allylic oxidation sites excluding steroid dienone is 3. The molecule has 4 nitrogen and oxygen atoms in total. The fourth-order valence-electron chi connectivity index (χ4n) is 3.30. The molecule has 31 heavy (non-hydrogen) atoms. The van der Waals surface area contributed by atoms with Crippen molar-refractivity contribution >= 4 is 18.2 Å². The second kappa shape index (κ2) is 14.1. The summed E-state index contributed by atoms with van der Waals surface area (Å²) in [5.41, 5.74) is 2.82. The summed E-state index contributed by atoms with van der Waals surface area (Å²) in [5, 5.41) is 3.13. The monoisotopic (exact) mass is 440 g/mol. The van der Waals surface area contributed by atoms with E-state index in [0.29, 0.717) is 11.5 Å². The molecule has 1 aliphatic carbocycles. The van der Waals surface area contributed by atoms with Gasteiger partial charge < -0.3 is 10.1 Å². The fraction of sp³-hybridized carbons (Fsp3) is 0.423. The van der Waals surface area contributed by atoms with Crippen molar-refractivity contribution in [1.82, 2.24) is 9.62 Å². The Balaban J connectivity index is 0.000000488. The Bertz CT molecular complexity index is 747. The van der Waals surface area contributed by atoms with Gasteiger partial charge in [0.25, 0.3) is 0 Å². The lowest BCUT2D eigenvalue weighted by molar-refractivity contribution is 0.0751. The SMILES string of the molecule is C=CC/C(=C\N(Sc1ccc(C=O)cc1)C(=C)C=C)C1CCOCC1.CNCC1CC1. The standard InChI is InChI=1S/C21H25NO2S.C5H11N/c1-4-6-20(19-11-13-24-14-12-19)15-22(17(3)5-2)25-21-9-7-18(16-23)8-10-21;1-6-4-5-2-3-5/h4-5,7-10,15-16,19H,1-3,6,11-14H2;5-6H,2-4H2,1H3/b20-15+;. The Morgan fingerprint density at radius 1 is 1.19 bits per heavy atom. The summed E-state index contributed by atoms with van der Waals surface area (Å²) in [5.74, 6) is 1.54. The van der Waals surface area contributed by atoms with Crippen molar-refractivity contribution in [2.75, 3.05) is 26.8 Å². The van der Waals surface area contributed by atoms with E-state index in [1.807, 2.05) is 41.7 Å². The Labute approximate surface area is 192 Å². The maximum atomic E-state index is 10.8. The van der Waals surface area contributed by atoms with Gasteiger partial charge in [-0.15, -0.1) is 6.58 Å². The van der Waals surface area contributed by atoms with E-state index in [2.05, 4.69) is 31.3 Å². The summed E-state index contributed by atoms with van der Waals surface area (Å²) < 4.78 is 7.52. The van der Waals surface area contributed by atoms with Crippen LogP contribution in [-0.4, -0.2) is 37.4 Å². The zero-order valence-electron chi connectivity index (χ0n) is 18.7. The molecule has 168 valence electrons. The van der Waals surface area contributed by atoms with Crippen molar-refractivity contribution in [2.24, 2.45) is 11.8 Å². The molecule has 1 N–H and O–H groups in total. The third-order valence-electron chi connectivity index (χ3n) is 5.34. The molecule has 1 saturated carbocycles. The van der Waals surface area contributed by atoms with E-state index < -0.39 is 0 Å². The van der Waals surface area contributed by atoms with Crippen molar-refractivity contribution < 1.29 is 9.53 Å². The van der Waals surface area contributed by atoms with E-state index >= 15 is 0 Å². The highest BCUT2D eigenvalue weighted by Gasteiger charge is 2.19. The first kappa shape index (κ1) is 25.2. The van der Waals surface area contributed by atoms with E-state index in [1.165, 1.54) is 25.0 Å². The number of benzene rings is 1. The van der Waals surface area contributed by atoms with Gasteiger partial charge in [0.15, 0.2) is 0 Å². The normalized spacial score (nSPS) is 16.6. The zero-order valence-corrected chi connectivity index (χ0v) is 19.5. The maximum Gasteiger partial charge on any atom is 0.150 e. The number of nitrogens with zero attached hydrogens (tertiary/aromatic N) is 1. The van der Waals surface area contributed by atoms with Crippen molar-refractivity contribution in [3.8, 4) is 0 Å². The number of rotatable bonds is 11. The molecular formula is C26H36N2O2S. The molecule has 0 unspecified atom stereocenters. The minimum absolute atomic E-state index is 0.505. The molecular weight excluding hydrogens is 404 g/mol. The molecule has 1 aliphatic heterocycles. The Hall–Kier alpha value is -2.08. The molecule has 0 spiro atoms. The van der Waals surface area contributed by atoms with Gasteiger partial charge in [-0.1, -0.05) is 31.4 Å². The molecule has 3 rings (SSSR count). The molecule has 0 bridgehead atoms. The van der Waals surface area contributed by atoms with Crippen molar-refractivity contribution in [3.05, 3.63) is 79.2 Å². The van der Waals surface area contributed by atoms with Gasteiger partial charge in [0.2, 0.25) is 0 Å². The predicted octanol–water partition coefficient (Wildman–Crippen LogP) is 6.01. The van der Waals surface area contributed by atoms with E-state index in [4.69, 9.17) is 4.74 Å². The zero-order chi connectivity index (χ0) is 22.5. The van der Waals surface area contributed by atoms with Crippen LogP contribution in [0.4, 0.5) is 0 Å². The van der Waals surface area contributed by atoms with Crippen molar-refractivity contribution in [2.45, 2.75) is 37.0 Å². The van der Waals surface area contributed by atoms with E-state index in [-0.39, 0.29) is 0 Å². The van der Waals surface area contributed by atoms with Gasteiger partial charge in [0.05, 0.1) is 0 Å². The van der Waals surface area contributed by atoms with Gasteiger partial charge >= 0.3 is 0 Å². The van der Waals surface area contributed by atoms with E-state index in [0.717, 1.165) is 55.3 Å². The summed E-state index contributed by atoms with van der Waals surface area (Å²) in [6.45, 7) is 14.7. The Kier molecular flexibility index (Phi) is 11.4. The van der Waals surface area contributed by atoms with E-state index in [1.54, 1.807) is 18.0 Å². The number of ether oxygens (including phenoxy) is 1. The minimum Gasteiger partial charge on any atom is -0.381 e. The average molecular weight is 441 g/mol. The second-order valence-electron chi connectivity index (χ2n) is 7.88. The molecule has 0 atom stereocenters. The molecule has 2 fully saturated rings. The molecule has 2 aliphatic rings. The predicted molar refractivity (Wildman–Crippen MR) is 132 cm³/mol. The highest BCUT2D eigenvalue weighted by molar-refractivity contribution is 7.97. The van der Waals surface area contributed by atoms with Gasteiger partial charge in [-0.05, 0) is 93.3 Å². The Morgan fingerprint density at radius 2 is 1.87 bits per heavy atom. The minimum atomic E-state index is 0.505. The molecule has 0 aromatic heterocycles. The second-order valence-corrected chi connectivity index (χ2v) is 8.93. The van der Waals surface area contributed by atoms with Crippen LogP contribution in [-0.2, 0) is 4.74 Å². The highest BCUT2D eigenvalue weighted by Crippen LogP contribution is 2.32. The third kappa shape index (κ3) is 9.30. The van der Waals surface area contributed by atoms with Crippen LogP contribution in [0, 0.1) is 11.8 Å². The lowest BCUT2D eigenvalue weighted by Gasteiger charge is -2.27. The van der Waals surface area contributed by atoms with Crippen LogP contribution in [0.15, 0.2) is 78.5 Å². The van der Waals surface area contributed by atoms with Crippen LogP contribution in [0.5, 0.6) is 0 Å². The maximum absolute atomic E-state index is 10.8. The van der Waals surface area contributed by atoms with Gasteiger partial charge in [-0.2, -0.15) is 0 Å². The number of aldehydes is 1. The molecule has 1 aromatic carbocycles. The number of hydrogen-bond donors (Lipinski definition) is 1. The summed E-state index contributed by atoms with van der Waals surface area (Å²) in [6, 6.07) is 7.51. The number of carbonyl (C=O) groups is 1. The van der Waals surface area contributed by atoms with Crippen molar-refractivity contribution in [3.63, 3.8) is 0 Å². The summed E-state index contributed by atoms with van der Waals surface area (Å²) >= 11 is 1.56. The summed E-state index contributed by atoms with van der Waals surface area (Å²) in [6.07, 6.45) is 12.5. The first-order valence-electron chi connectivity index (χ1n) is 11.0. The van der Waals surface area contributed by atoms with Crippen LogP contribution in [0.2, 0.25) is 0 Å². The molecule has 1 saturated heterocycles. The number of nitrogens with one attached hydrogen (secondary N) is 1. The van der Waals surface area contributed by atoms with Crippen molar-refractivity contribution in [1.29, 1.82) is 0 Å². The topological polar surface area (TPSA) is 41.6 Å². The summed E-state index contributed by atoms with van der Waals surface area (Å²) in [7, 11) is 2.01. The van der Waals surface area contributed by atoms with Gasteiger partial charge in [0.1, 0.15) is 6.29 Å². The largest absolute Gasteiger partial charge is 0.381 e. The quantitative estimate of drug-likeness (QED) is 0.197. The van der Waals surface area contributed by atoms with Crippen LogP contribution in [0.25, 0.3) is 0 Å². The van der Waals surface area contributed by atoms with Crippen LogP contribution in [0.3, 0.4) is 0 Å². The Morgan fingerprint density at radius 3 is 2.35 bits per heavy atom. The smallest absolute Gasteiger partial charge is 0.150 e. The average Bonchev–Trinajstić information content (AvgIpc) is 3.63. The molecule has 5 heteroatoms. The molecule has 0 radical (unpaired) electrons. The van der Waals surface area contributed by atoms with Crippen LogP contribution >= 0.6 is 11.9 Å². The lowest BCUT2D eigenvalue weighted by Crippen LogP contribution is -2.19. The highest BCUT2D eigenvalue weighted by atomic mass is 32.2. The molecule has 0 amide bonds. The van der Waals surface area contributed by atoms with Crippen LogP contribution in [0.1, 0.15) is 42.5 Å². The molecule has 1 aromatic rings. The summed E-state index contributed by atoms with van der Waals surface area (Å²) in [4.78, 5) is 11.9. The van der Waals surface area contributed by atoms with Gasteiger partial charge in [-0.3, -0.25) is 9.10 Å². The first-order chi connectivity index (χ1) is 15.1. The van der Waals surface area contributed by atoms with Crippen LogP contribution < -0.4 is 5.32 Å².